The van der Waals surface area contributed by atoms with E-state index < -0.39 is 0 Å². The molecule has 0 bridgehead atoms. The van der Waals surface area contributed by atoms with Gasteiger partial charge in [-0.05, 0) is 27.6 Å². The molecule has 6 saturated carbocycles. The molecule has 0 amide bonds. The van der Waals surface area contributed by atoms with Crippen LogP contribution in [0.3, 0.4) is 0 Å². The van der Waals surface area contributed by atoms with E-state index in [9.17, 15) is 0 Å². The average molecular weight is 804 g/mol. The molecule has 0 heterocycles. The van der Waals surface area contributed by atoms with Gasteiger partial charge in [0.15, 0.2) is 0 Å². The van der Waals surface area contributed by atoms with Crippen molar-refractivity contribution in [3.63, 3.8) is 0 Å². The zero-order chi connectivity index (χ0) is 46.5. The number of hydrogen-bond donors (Lipinski definition) is 0. The normalized spacial score (nSPS) is 15.6. The van der Waals surface area contributed by atoms with E-state index in [-0.39, 0.29) is 0 Å². The van der Waals surface area contributed by atoms with Gasteiger partial charge in [-0.25, -0.2) is 0 Å². The molecule has 6 fully saturated rings. The molecule has 0 saturated heterocycles. The summed E-state index contributed by atoms with van der Waals surface area (Å²) in [4.78, 5) is 0. The van der Waals surface area contributed by atoms with E-state index in [2.05, 4.69) is 76.2 Å². The third-order valence-corrected chi connectivity index (χ3v) is 12.5. The topological polar surface area (TPSA) is 0 Å². The first kappa shape index (κ1) is 76.7. The van der Waals surface area contributed by atoms with Crippen LogP contribution in [0.25, 0.3) is 0 Å². The van der Waals surface area contributed by atoms with Crippen LogP contribution in [0.5, 0.6) is 0 Å². The Hall–Kier alpha value is 0. The van der Waals surface area contributed by atoms with Gasteiger partial charge in [-0.15, -0.1) is 0 Å². The van der Waals surface area contributed by atoms with Crippen LogP contribution in [0.1, 0.15) is 341 Å². The fourth-order valence-corrected chi connectivity index (χ4v) is 3.96. The van der Waals surface area contributed by atoms with E-state index in [1.807, 2.05) is 111 Å². The second-order valence-corrected chi connectivity index (χ2v) is 16.9. The third kappa shape index (κ3) is 46.7. The van der Waals surface area contributed by atoms with Crippen LogP contribution in [0.15, 0.2) is 0 Å². The molecule has 0 heteroatoms. The Balaban J connectivity index is -0.0000000661. The van der Waals surface area contributed by atoms with Crippen LogP contribution >= 0.6 is 0 Å². The van der Waals surface area contributed by atoms with Gasteiger partial charge in [0, 0.05) is 0 Å². The summed E-state index contributed by atoms with van der Waals surface area (Å²) in [6.07, 6.45) is 36.0. The first-order valence-electron chi connectivity index (χ1n) is 26.7. The van der Waals surface area contributed by atoms with Gasteiger partial charge in [-0.1, -0.05) is 341 Å². The Morgan fingerprint density at radius 3 is 0.375 bits per heavy atom. The highest BCUT2D eigenvalue weighted by Gasteiger charge is 2.53. The Morgan fingerprint density at radius 2 is 0.321 bits per heavy atom. The SMILES string of the molecule is C1CCC1.C1CCC1.C1CCC1.C1CCC1.C1CCC1.C1CCC1.CC.CC.CC.CC.CC.CC.CC.CC.CC(C)C(C)(C)C(C)(C)C(C)(C)C(C)(C)C. The Morgan fingerprint density at radius 1 is 0.214 bits per heavy atom. The molecule has 0 N–H and O–H groups in total. The summed E-state index contributed by atoms with van der Waals surface area (Å²) >= 11 is 0. The minimum Gasteiger partial charge on any atom is -0.0683 e. The maximum atomic E-state index is 2.44. The van der Waals surface area contributed by atoms with Gasteiger partial charge in [0.1, 0.15) is 0 Å². The van der Waals surface area contributed by atoms with Crippen LogP contribution in [0, 0.1) is 27.6 Å². The summed E-state index contributed by atoms with van der Waals surface area (Å²) < 4.78 is 0. The monoisotopic (exact) mass is 803 g/mol. The lowest BCUT2D eigenvalue weighted by Gasteiger charge is -2.59. The van der Waals surface area contributed by atoms with Crippen molar-refractivity contribution < 1.29 is 0 Å². The third-order valence-electron chi connectivity index (χ3n) is 12.5. The highest BCUT2D eigenvalue weighted by Crippen LogP contribution is 2.60. The van der Waals surface area contributed by atoms with E-state index in [4.69, 9.17) is 0 Å². The fourth-order valence-electron chi connectivity index (χ4n) is 3.96. The van der Waals surface area contributed by atoms with Crippen LogP contribution in [-0.4, -0.2) is 0 Å². The predicted molar refractivity (Wildman–Crippen MR) is 277 cm³/mol. The first-order valence-corrected chi connectivity index (χ1v) is 26.7. The molecule has 0 aromatic rings. The maximum Gasteiger partial charge on any atom is -0.0244 e. The van der Waals surface area contributed by atoms with Crippen molar-refractivity contribution in [2.24, 2.45) is 27.6 Å². The first-order chi connectivity index (χ1) is 26.7. The van der Waals surface area contributed by atoms with Crippen LogP contribution in [0.4, 0.5) is 0 Å². The van der Waals surface area contributed by atoms with Crippen molar-refractivity contribution in [2.75, 3.05) is 0 Å². The summed E-state index contributed by atoms with van der Waals surface area (Å²) in [6.45, 7) is 58.4. The predicted octanol–water partition coefficient (Wildman–Crippen LogP) is 23.3. The Labute approximate surface area is 367 Å². The van der Waals surface area contributed by atoms with Gasteiger partial charge in [0.2, 0.25) is 0 Å². The molecule has 0 spiro atoms. The lowest BCUT2D eigenvalue weighted by molar-refractivity contribution is -0.106. The summed E-state index contributed by atoms with van der Waals surface area (Å²) in [7, 11) is 0. The standard InChI is InChI=1S/C16H34.6C4H8.8C2H6/c1-12(2)14(6,7)16(10,11)15(8,9)13(3,4)5;6*1-2-4-3-1;8*1-2/h12H,1-11H3;6*1-4H2;8*1-2H3. The van der Waals surface area contributed by atoms with Crippen LogP contribution in [-0.2, 0) is 0 Å². The van der Waals surface area contributed by atoms with Gasteiger partial charge in [-0.3, -0.25) is 0 Å². The molecule has 6 aliphatic rings. The second kappa shape index (κ2) is 61.7. The van der Waals surface area contributed by atoms with Crippen molar-refractivity contribution >= 4 is 0 Å². The van der Waals surface area contributed by atoms with Crippen LogP contribution < -0.4 is 0 Å². The molecule has 0 nitrogen and oxygen atoms in total. The Bertz CT molecular complexity index is 445. The molecule has 0 radical (unpaired) electrons. The summed E-state index contributed by atoms with van der Waals surface area (Å²) in [5.74, 6) is 0.698. The van der Waals surface area contributed by atoms with Crippen molar-refractivity contribution in [1.82, 2.24) is 0 Å². The lowest BCUT2D eigenvalue weighted by Crippen LogP contribution is -2.52. The van der Waals surface area contributed by atoms with Crippen molar-refractivity contribution in [1.29, 1.82) is 0 Å². The Kier molecular flexibility index (Phi) is 84.4. The molecule has 56 heavy (non-hydrogen) atoms. The average Bonchev–Trinajstić information content (AvgIpc) is 3.03. The molecule has 0 unspecified atom stereocenters. The van der Waals surface area contributed by atoms with Gasteiger partial charge in [0.05, 0.1) is 0 Å². The highest BCUT2D eigenvalue weighted by atomic mass is 14.6. The zero-order valence-corrected chi connectivity index (χ0v) is 46.5. The van der Waals surface area contributed by atoms with Crippen molar-refractivity contribution in [3.8, 4) is 0 Å². The summed E-state index contributed by atoms with van der Waals surface area (Å²) in [5, 5.41) is 0. The molecule has 354 valence electrons. The summed E-state index contributed by atoms with van der Waals surface area (Å²) in [5.41, 5.74) is 1.26. The molecule has 0 aliphatic heterocycles. The molecule has 6 rings (SSSR count). The lowest BCUT2D eigenvalue weighted by atomic mass is 9.46. The van der Waals surface area contributed by atoms with E-state index in [0.29, 0.717) is 27.6 Å². The van der Waals surface area contributed by atoms with Crippen molar-refractivity contribution in [2.45, 2.75) is 341 Å². The molecular weight excluding hydrogens is 673 g/mol. The zero-order valence-electron chi connectivity index (χ0n) is 46.5. The molecule has 0 aromatic carbocycles. The van der Waals surface area contributed by atoms with Crippen molar-refractivity contribution in [3.05, 3.63) is 0 Å². The molecule has 0 atom stereocenters. The van der Waals surface area contributed by atoms with E-state index >= 15 is 0 Å². The van der Waals surface area contributed by atoms with Gasteiger partial charge in [0.25, 0.3) is 0 Å². The number of rotatable bonds is 3. The maximum absolute atomic E-state index is 2.44. The minimum absolute atomic E-state index is 0.298. The van der Waals surface area contributed by atoms with Gasteiger partial charge >= 0.3 is 0 Å². The van der Waals surface area contributed by atoms with Crippen LogP contribution in [0.2, 0.25) is 0 Å². The van der Waals surface area contributed by atoms with E-state index in [1.54, 1.807) is 0 Å². The largest absolute Gasteiger partial charge is 0.0683 e. The molecular formula is C56H130. The smallest absolute Gasteiger partial charge is 0.0244 e. The quantitative estimate of drug-likeness (QED) is 0.267. The number of hydrogen-bond acceptors (Lipinski definition) is 0. The second-order valence-electron chi connectivity index (χ2n) is 16.9. The van der Waals surface area contributed by atoms with Gasteiger partial charge in [-0.2, -0.15) is 0 Å². The molecule has 0 aromatic heterocycles. The van der Waals surface area contributed by atoms with E-state index in [1.165, 1.54) is 154 Å². The summed E-state index contributed by atoms with van der Waals surface area (Å²) in [6, 6.07) is 0. The minimum atomic E-state index is 0.298. The fraction of sp³-hybridized carbons (Fsp3) is 1.00. The van der Waals surface area contributed by atoms with E-state index in [0.717, 1.165) is 0 Å². The van der Waals surface area contributed by atoms with Gasteiger partial charge < -0.3 is 0 Å². The highest BCUT2D eigenvalue weighted by molar-refractivity contribution is 5.02. The molecule has 6 aliphatic carbocycles.